The van der Waals surface area contributed by atoms with Crippen LogP contribution in [0, 0.1) is 13.8 Å². The molecule has 3 rings (SSSR count). The van der Waals surface area contributed by atoms with Crippen LogP contribution in [-0.2, 0) is 12.0 Å². The van der Waals surface area contributed by atoms with Gasteiger partial charge in [0.1, 0.15) is 18.1 Å². The molecular weight excluding hydrogens is 398 g/mol. The van der Waals surface area contributed by atoms with E-state index >= 15 is 0 Å². The highest BCUT2D eigenvalue weighted by Gasteiger charge is 2.19. The maximum atomic E-state index is 13.0. The molecule has 4 nitrogen and oxygen atoms in total. The van der Waals surface area contributed by atoms with Gasteiger partial charge in [0.15, 0.2) is 0 Å². The van der Waals surface area contributed by atoms with Crippen molar-refractivity contribution in [1.29, 1.82) is 0 Å². The third kappa shape index (κ3) is 5.50. The Morgan fingerprint density at radius 3 is 2.38 bits per heavy atom. The Labute approximate surface area is 191 Å². The van der Waals surface area contributed by atoms with Crippen LogP contribution in [0.4, 0.5) is 5.69 Å². The molecule has 0 atom stereocenters. The van der Waals surface area contributed by atoms with Crippen LogP contribution >= 0.6 is 0 Å². The van der Waals surface area contributed by atoms with Gasteiger partial charge < -0.3 is 14.8 Å². The Kier molecular flexibility index (Phi) is 7.24. The summed E-state index contributed by atoms with van der Waals surface area (Å²) in [5.41, 5.74) is 5.53. The fourth-order valence-electron chi connectivity index (χ4n) is 3.58. The fraction of sp³-hybridized carbons (Fsp3) is 0.321. The quantitative estimate of drug-likeness (QED) is 0.446. The second-order valence-corrected chi connectivity index (χ2v) is 8.99. The van der Waals surface area contributed by atoms with E-state index in [0.29, 0.717) is 18.8 Å². The molecule has 168 valence electrons. The van der Waals surface area contributed by atoms with Gasteiger partial charge in [0.2, 0.25) is 0 Å². The minimum atomic E-state index is -0.155. The first-order valence-corrected chi connectivity index (χ1v) is 11.1. The number of rotatable bonds is 7. The molecule has 0 radical (unpaired) electrons. The lowest BCUT2D eigenvalue weighted by atomic mass is 9.86. The van der Waals surface area contributed by atoms with Crippen molar-refractivity contribution >= 4 is 11.6 Å². The highest BCUT2D eigenvalue weighted by atomic mass is 16.5. The zero-order chi connectivity index (χ0) is 23.3. The van der Waals surface area contributed by atoms with Gasteiger partial charge in [-0.15, -0.1) is 0 Å². The molecule has 0 aliphatic rings. The molecular formula is C28H33NO3. The van der Waals surface area contributed by atoms with Crippen molar-refractivity contribution in [1.82, 2.24) is 0 Å². The van der Waals surface area contributed by atoms with Crippen molar-refractivity contribution in [2.24, 2.45) is 0 Å². The third-order valence-corrected chi connectivity index (χ3v) is 5.55. The fourth-order valence-corrected chi connectivity index (χ4v) is 3.58. The van der Waals surface area contributed by atoms with Crippen LogP contribution in [0.3, 0.4) is 0 Å². The largest absolute Gasteiger partial charge is 0.493 e. The molecule has 0 aliphatic carbocycles. The molecule has 0 saturated carbocycles. The first-order valence-electron chi connectivity index (χ1n) is 11.1. The highest BCUT2D eigenvalue weighted by Crippen LogP contribution is 2.32. The zero-order valence-corrected chi connectivity index (χ0v) is 19.9. The van der Waals surface area contributed by atoms with Gasteiger partial charge in [-0.05, 0) is 73.2 Å². The van der Waals surface area contributed by atoms with Crippen molar-refractivity contribution in [3.05, 3.63) is 88.5 Å². The number of hydrogen-bond acceptors (Lipinski definition) is 3. The molecule has 0 aliphatic heterocycles. The maximum absolute atomic E-state index is 13.0. The van der Waals surface area contributed by atoms with Crippen LogP contribution in [0.25, 0.3) is 0 Å². The highest BCUT2D eigenvalue weighted by molar-refractivity contribution is 6.05. The summed E-state index contributed by atoms with van der Waals surface area (Å²) in [5, 5.41) is 3.03. The molecule has 1 amide bonds. The minimum absolute atomic E-state index is 0.0350. The van der Waals surface area contributed by atoms with Gasteiger partial charge in [0.25, 0.3) is 5.91 Å². The van der Waals surface area contributed by atoms with E-state index in [1.807, 2.05) is 69.3 Å². The number of nitrogens with one attached hydrogen (secondary N) is 1. The lowest BCUT2D eigenvalue weighted by Gasteiger charge is -2.23. The van der Waals surface area contributed by atoms with Crippen molar-refractivity contribution < 1.29 is 14.3 Å². The zero-order valence-electron chi connectivity index (χ0n) is 19.9. The van der Waals surface area contributed by atoms with E-state index in [4.69, 9.17) is 9.47 Å². The molecule has 0 unspecified atom stereocenters. The van der Waals surface area contributed by atoms with E-state index < -0.39 is 0 Å². The molecule has 32 heavy (non-hydrogen) atoms. The van der Waals surface area contributed by atoms with E-state index in [-0.39, 0.29) is 11.3 Å². The predicted octanol–water partition coefficient (Wildman–Crippen LogP) is 6.83. The minimum Gasteiger partial charge on any atom is -0.493 e. The summed E-state index contributed by atoms with van der Waals surface area (Å²) < 4.78 is 12.0. The van der Waals surface area contributed by atoms with Crippen LogP contribution in [0.2, 0.25) is 0 Å². The molecule has 4 heteroatoms. The van der Waals surface area contributed by atoms with Gasteiger partial charge in [-0.2, -0.15) is 0 Å². The van der Waals surface area contributed by atoms with Crippen molar-refractivity contribution in [2.75, 3.05) is 11.9 Å². The van der Waals surface area contributed by atoms with Gasteiger partial charge in [0.05, 0.1) is 6.61 Å². The Morgan fingerprint density at radius 1 is 0.906 bits per heavy atom. The van der Waals surface area contributed by atoms with Crippen molar-refractivity contribution in [3.8, 4) is 11.5 Å². The number of carbonyl (C=O) groups is 1. The van der Waals surface area contributed by atoms with Gasteiger partial charge in [-0.1, -0.05) is 51.1 Å². The summed E-state index contributed by atoms with van der Waals surface area (Å²) in [4.78, 5) is 13.0. The predicted molar refractivity (Wildman–Crippen MR) is 131 cm³/mol. The Hall–Kier alpha value is -3.27. The Bertz CT molecular complexity index is 1100. The van der Waals surface area contributed by atoms with Crippen LogP contribution in [0.5, 0.6) is 11.5 Å². The topological polar surface area (TPSA) is 47.6 Å². The molecule has 3 aromatic carbocycles. The summed E-state index contributed by atoms with van der Waals surface area (Å²) in [7, 11) is 0. The third-order valence-electron chi connectivity index (χ3n) is 5.55. The standard InChI is InChI=1S/C28H33NO3/c1-7-31-25-16-15-21(27(30)29-24-13-10-11-19(2)20(24)3)17-22(25)18-32-26-14-9-8-12-23(26)28(4,5)6/h8-17H,7,18H2,1-6H3,(H,29,30). The number of amides is 1. The molecule has 0 aromatic heterocycles. The van der Waals surface area contributed by atoms with Crippen molar-refractivity contribution in [2.45, 2.75) is 53.6 Å². The number of carbonyl (C=O) groups excluding carboxylic acids is 1. The second kappa shape index (κ2) is 9.90. The molecule has 0 spiro atoms. The number of ether oxygens (including phenoxy) is 2. The molecule has 0 bridgehead atoms. The molecule has 0 saturated heterocycles. The monoisotopic (exact) mass is 431 g/mol. The van der Waals surface area contributed by atoms with Crippen LogP contribution in [-0.4, -0.2) is 12.5 Å². The molecule has 0 fully saturated rings. The van der Waals surface area contributed by atoms with E-state index in [9.17, 15) is 4.79 Å². The number of anilines is 1. The molecule has 1 N–H and O–H groups in total. The molecule has 3 aromatic rings. The van der Waals surface area contributed by atoms with Gasteiger partial charge in [-0.25, -0.2) is 0 Å². The van der Waals surface area contributed by atoms with Crippen molar-refractivity contribution in [3.63, 3.8) is 0 Å². The van der Waals surface area contributed by atoms with E-state index in [2.05, 4.69) is 32.2 Å². The van der Waals surface area contributed by atoms with Gasteiger partial charge >= 0.3 is 0 Å². The van der Waals surface area contributed by atoms with Crippen LogP contribution in [0.1, 0.15) is 60.3 Å². The maximum Gasteiger partial charge on any atom is 0.255 e. The second-order valence-electron chi connectivity index (χ2n) is 8.99. The average molecular weight is 432 g/mol. The first kappa shape index (κ1) is 23.4. The summed E-state index contributed by atoms with van der Waals surface area (Å²) in [5.74, 6) is 1.41. The van der Waals surface area contributed by atoms with Gasteiger partial charge in [0, 0.05) is 16.8 Å². The Balaban J connectivity index is 1.85. The Morgan fingerprint density at radius 2 is 1.66 bits per heavy atom. The van der Waals surface area contributed by atoms with Crippen LogP contribution in [0.15, 0.2) is 60.7 Å². The summed E-state index contributed by atoms with van der Waals surface area (Å²) >= 11 is 0. The summed E-state index contributed by atoms with van der Waals surface area (Å²) in [6.07, 6.45) is 0. The lowest BCUT2D eigenvalue weighted by molar-refractivity contribution is 0.102. The number of hydrogen-bond donors (Lipinski definition) is 1. The van der Waals surface area contributed by atoms with Gasteiger partial charge in [-0.3, -0.25) is 4.79 Å². The number of aryl methyl sites for hydroxylation is 1. The van der Waals surface area contributed by atoms with E-state index in [1.165, 1.54) is 0 Å². The molecule has 0 heterocycles. The smallest absolute Gasteiger partial charge is 0.255 e. The van der Waals surface area contributed by atoms with Crippen LogP contribution < -0.4 is 14.8 Å². The summed E-state index contributed by atoms with van der Waals surface area (Å²) in [6, 6.07) is 19.5. The summed E-state index contributed by atoms with van der Waals surface area (Å²) in [6.45, 7) is 13.3. The van der Waals surface area contributed by atoms with E-state index in [1.54, 1.807) is 6.07 Å². The van der Waals surface area contributed by atoms with E-state index in [0.717, 1.165) is 39.4 Å². The first-order chi connectivity index (χ1) is 15.2. The number of para-hydroxylation sites is 1. The normalized spacial score (nSPS) is 11.2. The lowest BCUT2D eigenvalue weighted by Crippen LogP contribution is -2.15. The number of benzene rings is 3. The average Bonchev–Trinajstić information content (AvgIpc) is 2.76. The SMILES string of the molecule is CCOc1ccc(C(=O)Nc2cccc(C)c2C)cc1COc1ccccc1C(C)(C)C.